The van der Waals surface area contributed by atoms with Gasteiger partial charge in [-0.1, -0.05) is 55.3 Å². The first-order valence-electron chi connectivity index (χ1n) is 12.1. The van der Waals surface area contributed by atoms with Crippen molar-refractivity contribution in [3.63, 3.8) is 0 Å². The van der Waals surface area contributed by atoms with Crippen molar-refractivity contribution < 1.29 is 9.94 Å². The smallest absolute Gasteiger partial charge is 0.208 e. The fourth-order valence-corrected chi connectivity index (χ4v) is 4.83. The van der Waals surface area contributed by atoms with Gasteiger partial charge in [0.1, 0.15) is 11.4 Å². The van der Waals surface area contributed by atoms with E-state index in [0.29, 0.717) is 17.4 Å². The van der Waals surface area contributed by atoms with Gasteiger partial charge in [0.25, 0.3) is 0 Å². The summed E-state index contributed by atoms with van der Waals surface area (Å²) < 4.78 is 5.58. The van der Waals surface area contributed by atoms with Crippen LogP contribution in [0.4, 0.5) is 11.5 Å². The molecular formula is C25H35N7O2. The van der Waals surface area contributed by atoms with E-state index in [2.05, 4.69) is 38.6 Å². The van der Waals surface area contributed by atoms with Crippen molar-refractivity contribution in [1.82, 2.24) is 14.9 Å². The molecule has 1 aromatic carbocycles. The van der Waals surface area contributed by atoms with Crippen LogP contribution in [0.3, 0.4) is 0 Å². The molecule has 3 N–H and O–H groups in total. The predicted octanol–water partition coefficient (Wildman–Crippen LogP) is 3.49. The second-order valence-electron chi connectivity index (χ2n) is 9.30. The highest BCUT2D eigenvalue weighted by Gasteiger charge is 2.28. The molecule has 1 saturated carbocycles. The average Bonchev–Trinajstić information content (AvgIpc) is 2.89. The molecule has 0 bridgehead atoms. The molecule has 0 amide bonds. The van der Waals surface area contributed by atoms with E-state index < -0.39 is 0 Å². The fourth-order valence-electron chi connectivity index (χ4n) is 4.83. The molecule has 0 radical (unpaired) electrons. The van der Waals surface area contributed by atoms with Crippen LogP contribution in [0.1, 0.15) is 38.4 Å². The molecule has 0 unspecified atom stereocenters. The number of aliphatic imine (C=N–C) groups is 1. The molecular weight excluding hydrogens is 430 g/mol. The summed E-state index contributed by atoms with van der Waals surface area (Å²) in [6, 6.07) is 9.92. The van der Waals surface area contributed by atoms with Gasteiger partial charge in [0.2, 0.25) is 11.7 Å². The van der Waals surface area contributed by atoms with E-state index in [1.54, 1.807) is 0 Å². The van der Waals surface area contributed by atoms with E-state index in [4.69, 9.17) is 15.5 Å². The van der Waals surface area contributed by atoms with Crippen molar-refractivity contribution in [2.24, 2.45) is 27.7 Å². The van der Waals surface area contributed by atoms with Gasteiger partial charge in [0.05, 0.1) is 19.9 Å². The molecule has 2 aliphatic rings. The number of nitrogens with zero attached hydrogens (tertiary/aromatic N) is 6. The first-order chi connectivity index (χ1) is 16.6. The van der Waals surface area contributed by atoms with Crippen LogP contribution in [-0.2, 0) is 4.74 Å². The maximum absolute atomic E-state index is 9.25. The lowest BCUT2D eigenvalue weighted by Crippen LogP contribution is -2.46. The fraction of sp³-hybridized carbons (Fsp3) is 0.520. The molecule has 1 aromatic heterocycles. The maximum Gasteiger partial charge on any atom is 0.208 e. The monoisotopic (exact) mass is 465 g/mol. The van der Waals surface area contributed by atoms with E-state index in [1.807, 2.05) is 30.3 Å². The summed E-state index contributed by atoms with van der Waals surface area (Å²) in [5.74, 6) is 1.78. The molecule has 1 aliphatic carbocycles. The molecule has 9 heteroatoms. The summed E-state index contributed by atoms with van der Waals surface area (Å²) in [4.78, 5) is 18.3. The second-order valence-corrected chi connectivity index (χ2v) is 9.30. The summed E-state index contributed by atoms with van der Waals surface area (Å²) >= 11 is 0. The Morgan fingerprint density at radius 1 is 1.18 bits per heavy atom. The van der Waals surface area contributed by atoms with E-state index in [-0.39, 0.29) is 11.7 Å². The van der Waals surface area contributed by atoms with Crippen LogP contribution in [-0.4, -0.2) is 72.1 Å². The van der Waals surface area contributed by atoms with Crippen molar-refractivity contribution >= 4 is 24.1 Å². The van der Waals surface area contributed by atoms with Gasteiger partial charge >= 0.3 is 0 Å². The lowest BCUT2D eigenvalue weighted by atomic mass is 9.83. The normalized spacial score (nSPS) is 21.9. The Hall–Kier alpha value is -3.04. The molecule has 0 spiro atoms. The molecule has 9 nitrogen and oxygen atoms in total. The van der Waals surface area contributed by atoms with Crippen molar-refractivity contribution in [1.29, 1.82) is 0 Å². The van der Waals surface area contributed by atoms with Gasteiger partial charge in [0.15, 0.2) is 5.82 Å². The Morgan fingerprint density at radius 3 is 2.53 bits per heavy atom. The average molecular weight is 466 g/mol. The van der Waals surface area contributed by atoms with Gasteiger partial charge in [0, 0.05) is 25.2 Å². The van der Waals surface area contributed by atoms with Crippen molar-refractivity contribution in [3.05, 3.63) is 36.2 Å². The zero-order chi connectivity index (χ0) is 23.9. The number of nitrogens with two attached hydrogens (primary N) is 1. The molecule has 34 heavy (non-hydrogen) atoms. The van der Waals surface area contributed by atoms with Crippen molar-refractivity contribution in [3.8, 4) is 11.3 Å². The highest BCUT2D eigenvalue weighted by molar-refractivity contribution is 5.96. The largest absolute Gasteiger partial charge is 0.409 e. The van der Waals surface area contributed by atoms with Crippen LogP contribution in [0.2, 0.25) is 0 Å². The van der Waals surface area contributed by atoms with Gasteiger partial charge in [-0.15, -0.1) is 0 Å². The number of hydrogen-bond acceptors (Lipinski definition) is 8. The number of ether oxygens (including phenoxy) is 1. The van der Waals surface area contributed by atoms with Gasteiger partial charge in [-0.3, -0.25) is 4.90 Å². The molecule has 2 heterocycles. The Balaban J connectivity index is 1.79. The Kier molecular flexibility index (Phi) is 8.08. The minimum atomic E-state index is -0.158. The lowest BCUT2D eigenvalue weighted by Gasteiger charge is -2.38. The minimum Gasteiger partial charge on any atom is -0.409 e. The van der Waals surface area contributed by atoms with Crippen LogP contribution < -0.4 is 10.6 Å². The molecule has 182 valence electrons. The Labute approximate surface area is 201 Å². The van der Waals surface area contributed by atoms with Crippen LogP contribution in [0.25, 0.3) is 11.3 Å². The number of oxime groups is 1. The molecule has 1 aliphatic heterocycles. The predicted molar refractivity (Wildman–Crippen MR) is 135 cm³/mol. The number of amidine groups is 1. The van der Waals surface area contributed by atoms with E-state index >= 15 is 0 Å². The third-order valence-electron chi connectivity index (χ3n) is 6.80. The zero-order valence-electron chi connectivity index (χ0n) is 19.9. The van der Waals surface area contributed by atoms with E-state index in [0.717, 1.165) is 56.7 Å². The van der Waals surface area contributed by atoms with Crippen LogP contribution in [0, 0.1) is 11.8 Å². The van der Waals surface area contributed by atoms with Crippen LogP contribution in [0.15, 0.2) is 40.5 Å². The second kappa shape index (κ2) is 11.4. The zero-order valence-corrected chi connectivity index (χ0v) is 19.9. The summed E-state index contributed by atoms with van der Waals surface area (Å²) in [5, 5.41) is 12.4. The number of hydrogen-bond donors (Lipinski definition) is 2. The quantitative estimate of drug-likeness (QED) is 0.266. The van der Waals surface area contributed by atoms with Gasteiger partial charge < -0.3 is 20.6 Å². The number of morpholine rings is 1. The molecule has 2 fully saturated rings. The molecule has 2 aromatic rings. The number of aromatic nitrogens is 2. The third-order valence-corrected chi connectivity index (χ3v) is 6.80. The molecule has 0 atom stereocenters. The van der Waals surface area contributed by atoms with E-state index in [9.17, 15) is 5.21 Å². The highest BCUT2D eigenvalue weighted by atomic mass is 16.5. The van der Waals surface area contributed by atoms with Gasteiger partial charge in [-0.05, 0) is 31.4 Å². The van der Waals surface area contributed by atoms with Crippen molar-refractivity contribution in [2.45, 2.75) is 32.6 Å². The summed E-state index contributed by atoms with van der Waals surface area (Å²) in [5.41, 5.74) is 8.34. The number of benzene rings is 1. The first-order valence-corrected chi connectivity index (χ1v) is 12.1. The van der Waals surface area contributed by atoms with Gasteiger partial charge in [-0.25, -0.2) is 15.0 Å². The molecule has 4 rings (SSSR count). The van der Waals surface area contributed by atoms with Crippen molar-refractivity contribution in [2.75, 3.05) is 44.4 Å². The molecule has 1 saturated heterocycles. The summed E-state index contributed by atoms with van der Waals surface area (Å²) in [6.07, 6.45) is 4.93. The number of rotatable bonds is 8. The lowest BCUT2D eigenvalue weighted by molar-refractivity contribution is 0.0374. The Morgan fingerprint density at radius 2 is 1.88 bits per heavy atom. The van der Waals surface area contributed by atoms with E-state index in [1.165, 1.54) is 25.7 Å². The Bertz CT molecular complexity index is 984. The minimum absolute atomic E-state index is 0.130. The summed E-state index contributed by atoms with van der Waals surface area (Å²) in [7, 11) is 0. The summed E-state index contributed by atoms with van der Waals surface area (Å²) in [6.45, 7) is 11.0. The van der Waals surface area contributed by atoms with Gasteiger partial charge in [-0.2, -0.15) is 0 Å². The standard InChI is InChI=1S/C25H35N7O2/c1-18-8-10-19(11-9-18)16-32(17-31-12-14-34-15-13-31)22-21(20-6-4-3-5-7-20)28-25(23(26)30-33)29-24(22)27-2/h3-7,18-19,33H,2,8-17H2,1H3,(H2,26,30)/t18-,19-. The highest BCUT2D eigenvalue weighted by Crippen LogP contribution is 2.38. The number of anilines is 1. The van der Waals surface area contributed by atoms with Crippen LogP contribution >= 0.6 is 0 Å². The SMILES string of the molecule is C=Nc1nc(/C(N)=N/O)nc(-c2ccccc2)c1N(CN1CCOCC1)C[C@H]1CC[C@H](C)CC1. The third kappa shape index (κ3) is 5.71. The maximum atomic E-state index is 9.25. The first kappa shape index (κ1) is 24.1. The van der Waals surface area contributed by atoms with Crippen LogP contribution in [0.5, 0.6) is 0 Å². The topological polar surface area (TPSA) is 112 Å².